The van der Waals surface area contributed by atoms with Gasteiger partial charge < -0.3 is 0 Å². The Kier molecular flexibility index (Phi) is 4.14. The molecule has 21 heavy (non-hydrogen) atoms. The summed E-state index contributed by atoms with van der Waals surface area (Å²) < 4.78 is 14.8. The fraction of sp³-hybridized carbons (Fsp3) is 0. The molecule has 2 heterocycles. The number of rotatable bonds is 3. The van der Waals surface area contributed by atoms with Gasteiger partial charge in [-0.1, -0.05) is 11.3 Å². The number of carbonyl (C=O) groups is 1. The van der Waals surface area contributed by atoms with Crippen LogP contribution in [0.3, 0.4) is 0 Å². The summed E-state index contributed by atoms with van der Waals surface area (Å²) in [6.45, 7) is 0. The van der Waals surface area contributed by atoms with Gasteiger partial charge in [0.05, 0.1) is 14.0 Å². The van der Waals surface area contributed by atoms with Gasteiger partial charge in [0.25, 0.3) is 0 Å². The summed E-state index contributed by atoms with van der Waals surface area (Å²) in [5.41, 5.74) is 0.669. The van der Waals surface area contributed by atoms with Crippen LogP contribution < -0.4 is 5.32 Å². The van der Waals surface area contributed by atoms with Crippen LogP contribution in [0.2, 0.25) is 0 Å². The molecule has 1 aromatic carbocycles. The first-order valence-electron chi connectivity index (χ1n) is 5.91. The van der Waals surface area contributed by atoms with E-state index in [0.717, 1.165) is 8.66 Å². The number of anilines is 1. The molecule has 1 amide bonds. The van der Waals surface area contributed by atoms with Crippen molar-refractivity contribution in [3.8, 4) is 0 Å². The van der Waals surface area contributed by atoms with Crippen LogP contribution in [-0.4, -0.2) is 10.9 Å². The van der Waals surface area contributed by atoms with E-state index in [-0.39, 0.29) is 11.7 Å². The van der Waals surface area contributed by atoms with E-state index >= 15 is 0 Å². The largest absolute Gasteiger partial charge is 0.298 e. The topological polar surface area (TPSA) is 42.0 Å². The highest BCUT2D eigenvalue weighted by molar-refractivity contribution is 9.11. The molecule has 0 saturated heterocycles. The third kappa shape index (κ3) is 3.55. The van der Waals surface area contributed by atoms with E-state index in [1.54, 1.807) is 12.1 Å². The number of carbonyl (C=O) groups excluding carboxylic acids is 1. The summed E-state index contributed by atoms with van der Waals surface area (Å²) in [7, 11) is 0. The van der Waals surface area contributed by atoms with Crippen LogP contribution in [0.25, 0.3) is 16.3 Å². The third-order valence-corrected chi connectivity index (χ3v) is 5.10. The zero-order valence-electron chi connectivity index (χ0n) is 10.5. The summed E-state index contributed by atoms with van der Waals surface area (Å²) in [4.78, 5) is 17.0. The number of nitrogens with one attached hydrogen (secondary N) is 1. The molecule has 3 nitrogen and oxygen atoms in total. The smallest absolute Gasteiger partial charge is 0.250 e. The number of amides is 1. The minimum Gasteiger partial charge on any atom is -0.298 e. The molecule has 2 aromatic heterocycles. The van der Waals surface area contributed by atoms with E-state index in [2.05, 4.69) is 26.2 Å². The third-order valence-electron chi connectivity index (χ3n) is 2.57. The first-order valence-corrected chi connectivity index (χ1v) is 8.33. The van der Waals surface area contributed by atoms with E-state index in [9.17, 15) is 9.18 Å². The van der Waals surface area contributed by atoms with Gasteiger partial charge in [-0.15, -0.1) is 11.3 Å². The van der Waals surface area contributed by atoms with Crippen LogP contribution in [0.1, 0.15) is 4.88 Å². The van der Waals surface area contributed by atoms with Crippen molar-refractivity contribution in [2.45, 2.75) is 0 Å². The highest BCUT2D eigenvalue weighted by atomic mass is 79.9. The van der Waals surface area contributed by atoms with E-state index in [4.69, 9.17) is 0 Å². The van der Waals surface area contributed by atoms with Crippen molar-refractivity contribution in [2.24, 2.45) is 0 Å². The lowest BCUT2D eigenvalue weighted by Gasteiger charge is -1.94. The van der Waals surface area contributed by atoms with Gasteiger partial charge in [-0.25, -0.2) is 9.37 Å². The molecule has 0 aliphatic rings. The Labute approximate surface area is 136 Å². The molecular weight excluding hydrogens is 375 g/mol. The Bertz CT molecular complexity index is 840. The lowest BCUT2D eigenvalue weighted by Crippen LogP contribution is -2.06. The molecule has 7 heteroatoms. The average Bonchev–Trinajstić information content (AvgIpc) is 3.01. The second-order valence-corrected chi connectivity index (χ2v) is 7.62. The highest BCUT2D eigenvalue weighted by Crippen LogP contribution is 2.26. The van der Waals surface area contributed by atoms with Crippen LogP contribution in [0, 0.1) is 5.82 Å². The number of aromatic nitrogens is 1. The Morgan fingerprint density at radius 2 is 2.14 bits per heavy atom. The summed E-state index contributed by atoms with van der Waals surface area (Å²) in [6, 6.07) is 8.18. The van der Waals surface area contributed by atoms with Crippen LogP contribution in [-0.2, 0) is 4.79 Å². The molecule has 1 N–H and O–H groups in total. The normalized spacial score (nSPS) is 11.3. The lowest BCUT2D eigenvalue weighted by molar-refractivity contribution is -0.111. The van der Waals surface area contributed by atoms with Crippen molar-refractivity contribution >= 4 is 65.9 Å². The molecule has 0 fully saturated rings. The zero-order valence-corrected chi connectivity index (χ0v) is 13.7. The van der Waals surface area contributed by atoms with E-state index in [0.29, 0.717) is 15.3 Å². The zero-order chi connectivity index (χ0) is 14.8. The molecule has 0 unspecified atom stereocenters. The van der Waals surface area contributed by atoms with E-state index in [1.807, 2.05) is 12.1 Å². The maximum atomic E-state index is 13.1. The second-order valence-electron chi connectivity index (χ2n) is 4.10. The molecule has 3 rings (SSSR count). The Hall–Kier alpha value is -1.57. The fourth-order valence-corrected chi connectivity index (χ4v) is 3.89. The van der Waals surface area contributed by atoms with Gasteiger partial charge in [0.2, 0.25) is 5.91 Å². The number of halogens is 2. The standard InChI is InChI=1S/C14H8BrFN2OS2/c15-12-5-2-9(20-12)3-6-13(19)18-14-17-10-4-1-8(16)7-11(10)21-14/h1-7H,(H,17,18,19)/b6-3+. The molecule has 0 saturated carbocycles. The fourth-order valence-electron chi connectivity index (χ4n) is 1.67. The summed E-state index contributed by atoms with van der Waals surface area (Å²) >= 11 is 6.14. The lowest BCUT2D eigenvalue weighted by atomic mass is 10.3. The van der Waals surface area contributed by atoms with Crippen LogP contribution in [0.5, 0.6) is 0 Å². The average molecular weight is 383 g/mol. The van der Waals surface area contributed by atoms with Gasteiger partial charge in [0, 0.05) is 11.0 Å². The number of nitrogens with zero attached hydrogens (tertiary/aromatic N) is 1. The molecule has 0 spiro atoms. The van der Waals surface area contributed by atoms with Gasteiger partial charge in [0.1, 0.15) is 5.82 Å². The second kappa shape index (κ2) is 6.05. The minimum atomic E-state index is -0.313. The number of fused-ring (bicyclic) bond motifs is 1. The molecule has 0 aliphatic heterocycles. The highest BCUT2D eigenvalue weighted by Gasteiger charge is 2.06. The van der Waals surface area contributed by atoms with Gasteiger partial charge in [0.15, 0.2) is 5.13 Å². The SMILES string of the molecule is O=C(/C=C/c1ccc(Br)s1)Nc1nc2ccc(F)cc2s1. The maximum absolute atomic E-state index is 13.1. The number of hydrogen-bond acceptors (Lipinski definition) is 4. The number of hydrogen-bond donors (Lipinski definition) is 1. The molecule has 0 bridgehead atoms. The van der Waals surface area contributed by atoms with Gasteiger partial charge >= 0.3 is 0 Å². The predicted molar refractivity (Wildman–Crippen MR) is 89.3 cm³/mol. The van der Waals surface area contributed by atoms with Crippen molar-refractivity contribution in [3.05, 3.63) is 50.9 Å². The van der Waals surface area contributed by atoms with Crippen molar-refractivity contribution in [1.82, 2.24) is 4.98 Å². The van der Waals surface area contributed by atoms with Crippen molar-refractivity contribution in [3.63, 3.8) is 0 Å². The quantitative estimate of drug-likeness (QED) is 0.653. The van der Waals surface area contributed by atoms with Crippen LogP contribution >= 0.6 is 38.6 Å². The molecule has 3 aromatic rings. The van der Waals surface area contributed by atoms with E-state index < -0.39 is 0 Å². The van der Waals surface area contributed by atoms with Gasteiger partial charge in [-0.3, -0.25) is 10.1 Å². The maximum Gasteiger partial charge on any atom is 0.250 e. The van der Waals surface area contributed by atoms with Crippen molar-refractivity contribution in [2.75, 3.05) is 5.32 Å². The van der Waals surface area contributed by atoms with Crippen LogP contribution in [0.15, 0.2) is 40.2 Å². The number of benzene rings is 1. The Morgan fingerprint density at radius 1 is 1.29 bits per heavy atom. The Balaban J connectivity index is 1.72. The summed E-state index contributed by atoms with van der Waals surface area (Å²) in [5.74, 6) is -0.578. The van der Waals surface area contributed by atoms with Crippen LogP contribution in [0.4, 0.5) is 9.52 Å². The molecule has 106 valence electrons. The first kappa shape index (κ1) is 14.4. The minimum absolute atomic E-state index is 0.265. The Morgan fingerprint density at radius 3 is 2.90 bits per heavy atom. The number of thiophene rings is 1. The van der Waals surface area contributed by atoms with E-state index in [1.165, 1.54) is 40.9 Å². The summed E-state index contributed by atoms with van der Waals surface area (Å²) in [5, 5.41) is 3.14. The van der Waals surface area contributed by atoms with Crippen molar-refractivity contribution in [1.29, 1.82) is 0 Å². The predicted octanol–water partition coefficient (Wildman–Crippen LogP) is 4.91. The molecule has 0 aliphatic carbocycles. The van der Waals surface area contributed by atoms with Gasteiger partial charge in [-0.2, -0.15) is 0 Å². The first-order chi connectivity index (χ1) is 10.1. The molecular formula is C14H8BrFN2OS2. The number of thiazole rings is 1. The monoisotopic (exact) mass is 382 g/mol. The summed E-state index contributed by atoms with van der Waals surface area (Å²) in [6.07, 6.45) is 3.18. The van der Waals surface area contributed by atoms with Gasteiger partial charge in [-0.05, 0) is 52.3 Å². The molecule has 0 atom stereocenters. The van der Waals surface area contributed by atoms with Crippen molar-refractivity contribution < 1.29 is 9.18 Å². The molecule has 0 radical (unpaired) electrons.